The molecule has 5 N–H and O–H groups in total. The van der Waals surface area contributed by atoms with Gasteiger partial charge in [-0.05, 0) is 30.0 Å². The van der Waals surface area contributed by atoms with E-state index in [1.165, 1.54) is 13.0 Å². The van der Waals surface area contributed by atoms with Crippen LogP contribution >= 0.6 is 35.6 Å². The molecule has 138 valence electrons. The highest BCUT2D eigenvalue weighted by Crippen LogP contribution is 2.46. The standard InChI is InChI=1S/C17H18ClN3O3S2/c1-10(22)20-13-6-4-3-5-12(13)11-7-8-17(24,26-2)16(18,9-11)14(25)21-15(19)23/h3-9,24H,1-2H3,(H,20,22)(H3,19,21,23,25). The Hall–Kier alpha value is -1.87. The van der Waals surface area contributed by atoms with Gasteiger partial charge in [-0.15, -0.1) is 23.4 Å². The number of thiocarbonyl (C=S) groups is 1. The van der Waals surface area contributed by atoms with E-state index in [0.29, 0.717) is 16.8 Å². The molecule has 0 spiro atoms. The molecule has 0 fully saturated rings. The van der Waals surface area contributed by atoms with E-state index in [9.17, 15) is 14.7 Å². The lowest BCUT2D eigenvalue weighted by Gasteiger charge is -2.40. The Morgan fingerprint density at radius 1 is 1.35 bits per heavy atom. The molecule has 0 heterocycles. The summed E-state index contributed by atoms with van der Waals surface area (Å²) in [7, 11) is 0. The Kier molecular flexibility index (Phi) is 6.13. The van der Waals surface area contributed by atoms with Crippen LogP contribution in [-0.2, 0) is 4.79 Å². The largest absolute Gasteiger partial charge is 0.373 e. The quantitative estimate of drug-likeness (QED) is 0.346. The van der Waals surface area contributed by atoms with E-state index in [1.807, 2.05) is 0 Å². The van der Waals surface area contributed by atoms with Gasteiger partial charge < -0.3 is 21.5 Å². The maximum absolute atomic E-state index is 11.5. The van der Waals surface area contributed by atoms with Crippen LogP contribution in [0.1, 0.15) is 12.5 Å². The lowest BCUT2D eigenvalue weighted by molar-refractivity contribution is -0.114. The molecule has 2 rings (SSSR count). The fourth-order valence-electron chi connectivity index (χ4n) is 2.54. The summed E-state index contributed by atoms with van der Waals surface area (Å²) in [4.78, 5) is 19.3. The first-order valence-electron chi connectivity index (χ1n) is 7.49. The number of thioether (sulfide) groups is 1. The predicted octanol–water partition coefficient (Wildman–Crippen LogP) is 2.62. The maximum Gasteiger partial charge on any atom is 0.317 e. The number of urea groups is 1. The van der Waals surface area contributed by atoms with Crippen molar-refractivity contribution < 1.29 is 14.7 Å². The number of hydrogen-bond donors (Lipinski definition) is 4. The van der Waals surface area contributed by atoms with Crippen molar-refractivity contribution in [3.05, 3.63) is 48.1 Å². The van der Waals surface area contributed by atoms with Gasteiger partial charge in [0.15, 0.2) is 9.81 Å². The summed E-state index contributed by atoms with van der Waals surface area (Å²) in [6.07, 6.45) is 6.40. The molecular formula is C17H18ClN3O3S2. The molecule has 0 radical (unpaired) electrons. The number of allylic oxidation sites excluding steroid dienone is 2. The van der Waals surface area contributed by atoms with Gasteiger partial charge in [-0.1, -0.05) is 36.5 Å². The molecule has 0 aromatic heterocycles. The highest BCUT2D eigenvalue weighted by Gasteiger charge is 2.51. The summed E-state index contributed by atoms with van der Waals surface area (Å²) in [5, 5.41) is 15.9. The number of halogens is 1. The third-order valence-corrected chi connectivity index (χ3v) is 6.11. The number of anilines is 1. The number of alkyl halides is 1. The van der Waals surface area contributed by atoms with E-state index in [1.54, 1.807) is 42.7 Å². The van der Waals surface area contributed by atoms with Crippen molar-refractivity contribution in [1.82, 2.24) is 5.32 Å². The van der Waals surface area contributed by atoms with E-state index >= 15 is 0 Å². The predicted molar refractivity (Wildman–Crippen MR) is 110 cm³/mol. The minimum absolute atomic E-state index is 0.123. The van der Waals surface area contributed by atoms with Gasteiger partial charge in [0.05, 0.1) is 0 Å². The minimum Gasteiger partial charge on any atom is -0.373 e. The van der Waals surface area contributed by atoms with Crippen molar-refractivity contribution in [2.24, 2.45) is 5.73 Å². The molecule has 1 aliphatic carbocycles. The van der Waals surface area contributed by atoms with Gasteiger partial charge in [0.25, 0.3) is 0 Å². The summed E-state index contributed by atoms with van der Waals surface area (Å²) in [6, 6.07) is 6.26. The second-order valence-electron chi connectivity index (χ2n) is 5.59. The molecule has 0 aliphatic heterocycles. The number of rotatable bonds is 4. The summed E-state index contributed by atoms with van der Waals surface area (Å²) < 4.78 is 0. The Morgan fingerprint density at radius 2 is 2.00 bits per heavy atom. The topological polar surface area (TPSA) is 104 Å². The van der Waals surface area contributed by atoms with Crippen molar-refractivity contribution >= 4 is 63.8 Å². The fourth-order valence-corrected chi connectivity index (χ4v) is 4.04. The number of amides is 3. The van der Waals surface area contributed by atoms with Crippen molar-refractivity contribution in [2.45, 2.75) is 16.7 Å². The fraction of sp³-hybridized carbons (Fsp3) is 0.235. The van der Waals surface area contributed by atoms with Crippen LogP contribution in [0.2, 0.25) is 0 Å². The molecule has 6 nitrogen and oxygen atoms in total. The Bertz CT molecular complexity index is 827. The summed E-state index contributed by atoms with van der Waals surface area (Å²) in [5.41, 5.74) is 7.04. The second kappa shape index (κ2) is 7.79. The number of carbonyl (C=O) groups is 2. The van der Waals surface area contributed by atoms with Crippen LogP contribution in [0, 0.1) is 0 Å². The SMILES string of the molecule is CSC1(O)C=CC(c2ccccc2NC(C)=O)=CC1(Cl)C(=S)NC(N)=O. The van der Waals surface area contributed by atoms with Gasteiger partial charge in [-0.25, -0.2) is 4.79 Å². The van der Waals surface area contributed by atoms with Crippen LogP contribution in [0.4, 0.5) is 10.5 Å². The molecule has 26 heavy (non-hydrogen) atoms. The molecule has 3 amide bonds. The Morgan fingerprint density at radius 3 is 2.58 bits per heavy atom. The smallest absolute Gasteiger partial charge is 0.317 e. The highest BCUT2D eigenvalue weighted by atomic mass is 35.5. The van der Waals surface area contributed by atoms with Crippen LogP contribution in [0.15, 0.2) is 42.5 Å². The van der Waals surface area contributed by atoms with Gasteiger partial charge >= 0.3 is 6.03 Å². The Balaban J connectivity index is 2.57. The van der Waals surface area contributed by atoms with Crippen LogP contribution in [0.5, 0.6) is 0 Å². The lowest BCUT2D eigenvalue weighted by atomic mass is 9.88. The molecular weight excluding hydrogens is 394 g/mol. The van der Waals surface area contributed by atoms with Crippen molar-refractivity contribution in [3.8, 4) is 0 Å². The summed E-state index contributed by atoms with van der Waals surface area (Å²) in [5.74, 6) is -0.221. The number of aliphatic hydroxyl groups is 1. The summed E-state index contributed by atoms with van der Waals surface area (Å²) in [6.45, 7) is 1.41. The van der Waals surface area contributed by atoms with Gasteiger partial charge in [0.1, 0.15) is 4.99 Å². The lowest BCUT2D eigenvalue weighted by Crippen LogP contribution is -2.57. The third-order valence-electron chi connectivity index (χ3n) is 3.79. The molecule has 0 saturated heterocycles. The first-order chi connectivity index (χ1) is 12.1. The molecule has 1 aromatic carbocycles. The average Bonchev–Trinajstić information content (AvgIpc) is 2.57. The van der Waals surface area contributed by atoms with E-state index in [-0.39, 0.29) is 10.9 Å². The first kappa shape index (κ1) is 20.4. The van der Waals surface area contributed by atoms with E-state index in [2.05, 4.69) is 10.6 Å². The molecule has 9 heteroatoms. The molecule has 1 aliphatic rings. The van der Waals surface area contributed by atoms with Crippen molar-refractivity contribution in [2.75, 3.05) is 11.6 Å². The number of benzene rings is 1. The zero-order valence-electron chi connectivity index (χ0n) is 14.1. The number of carbonyl (C=O) groups excluding carboxylic acids is 2. The third kappa shape index (κ3) is 3.93. The van der Waals surface area contributed by atoms with Crippen molar-refractivity contribution in [1.29, 1.82) is 0 Å². The van der Waals surface area contributed by atoms with E-state index in [0.717, 1.165) is 11.8 Å². The van der Waals surface area contributed by atoms with Crippen LogP contribution < -0.4 is 16.4 Å². The number of primary amides is 1. The minimum atomic E-state index is -1.62. The van der Waals surface area contributed by atoms with Gasteiger partial charge in [-0.3, -0.25) is 4.79 Å². The van der Waals surface area contributed by atoms with Gasteiger partial charge in [-0.2, -0.15) is 0 Å². The normalized spacial score (nSPS) is 24.5. The molecule has 2 unspecified atom stereocenters. The first-order valence-corrected chi connectivity index (χ1v) is 9.50. The molecule has 0 bridgehead atoms. The molecule has 0 saturated carbocycles. The zero-order chi connectivity index (χ0) is 19.5. The number of nitrogens with two attached hydrogens (primary N) is 1. The monoisotopic (exact) mass is 411 g/mol. The van der Waals surface area contributed by atoms with Gasteiger partial charge in [0, 0.05) is 18.2 Å². The highest BCUT2D eigenvalue weighted by molar-refractivity contribution is 8.00. The maximum atomic E-state index is 11.5. The second-order valence-corrected chi connectivity index (χ2v) is 7.63. The zero-order valence-corrected chi connectivity index (χ0v) is 16.5. The molecule has 1 aromatic rings. The van der Waals surface area contributed by atoms with E-state index < -0.39 is 15.8 Å². The van der Waals surface area contributed by atoms with Crippen LogP contribution in [0.3, 0.4) is 0 Å². The number of para-hydroxylation sites is 1. The number of hydrogen-bond acceptors (Lipinski definition) is 5. The number of nitrogens with one attached hydrogen (secondary N) is 2. The Labute approximate surface area is 165 Å². The van der Waals surface area contributed by atoms with Crippen LogP contribution in [-0.4, -0.2) is 38.1 Å². The van der Waals surface area contributed by atoms with Crippen LogP contribution in [0.25, 0.3) is 5.57 Å². The summed E-state index contributed by atoms with van der Waals surface area (Å²) >= 11 is 13.0. The van der Waals surface area contributed by atoms with E-state index in [4.69, 9.17) is 29.6 Å². The van der Waals surface area contributed by atoms with Gasteiger partial charge in [0.2, 0.25) is 5.91 Å². The average molecular weight is 412 g/mol. The molecule has 2 atom stereocenters. The van der Waals surface area contributed by atoms with Crippen molar-refractivity contribution in [3.63, 3.8) is 0 Å².